The maximum absolute atomic E-state index is 12.1. The third kappa shape index (κ3) is 3.95. The van der Waals surface area contributed by atoms with Crippen LogP contribution in [0, 0.1) is 6.92 Å². The first-order chi connectivity index (χ1) is 11.1. The summed E-state index contributed by atoms with van der Waals surface area (Å²) in [7, 11) is 0. The summed E-state index contributed by atoms with van der Waals surface area (Å²) >= 11 is 3.36. The van der Waals surface area contributed by atoms with E-state index in [0.717, 1.165) is 10.0 Å². The molecular formula is C16H13BrN4O2. The van der Waals surface area contributed by atoms with Crippen molar-refractivity contribution < 1.29 is 9.32 Å². The van der Waals surface area contributed by atoms with E-state index in [4.69, 9.17) is 4.52 Å². The third-order valence-corrected chi connectivity index (χ3v) is 3.48. The average molecular weight is 373 g/mol. The van der Waals surface area contributed by atoms with Gasteiger partial charge in [0.25, 0.3) is 0 Å². The van der Waals surface area contributed by atoms with E-state index >= 15 is 0 Å². The molecule has 0 saturated carbocycles. The Balaban J connectivity index is 1.71. The minimum Gasteiger partial charge on any atom is -0.339 e. The Hall–Kier alpha value is -2.67. The van der Waals surface area contributed by atoms with Crippen molar-refractivity contribution in [2.24, 2.45) is 0 Å². The highest BCUT2D eigenvalue weighted by Gasteiger charge is 2.08. The molecule has 0 fully saturated rings. The van der Waals surface area contributed by atoms with E-state index < -0.39 is 0 Å². The fraction of sp³-hybridized carbons (Fsp3) is 0.0625. The second kappa shape index (κ2) is 6.62. The molecule has 7 heteroatoms. The number of carbonyl (C=O) groups is 1. The number of nitrogens with one attached hydrogen (secondary N) is 2. The molecular weight excluding hydrogens is 360 g/mol. The fourth-order valence-electron chi connectivity index (χ4n) is 2.01. The lowest BCUT2D eigenvalue weighted by Gasteiger charge is -2.08. The molecule has 116 valence electrons. The Bertz CT molecular complexity index is 847. The minimum atomic E-state index is -0.329. The minimum absolute atomic E-state index is 0.329. The number of rotatable bonds is 3. The van der Waals surface area contributed by atoms with Gasteiger partial charge in [-0.15, -0.1) is 0 Å². The summed E-state index contributed by atoms with van der Waals surface area (Å²) in [4.78, 5) is 16.2. The van der Waals surface area contributed by atoms with E-state index in [2.05, 4.69) is 36.7 Å². The van der Waals surface area contributed by atoms with Crippen LogP contribution >= 0.6 is 15.9 Å². The van der Waals surface area contributed by atoms with Crippen LogP contribution in [0.4, 0.5) is 16.2 Å². The van der Waals surface area contributed by atoms with Gasteiger partial charge in [0.1, 0.15) is 0 Å². The molecule has 3 aromatic rings. The van der Waals surface area contributed by atoms with Gasteiger partial charge in [-0.3, -0.25) is 0 Å². The lowest BCUT2D eigenvalue weighted by molar-refractivity contribution is 0.262. The molecule has 1 heterocycles. The topological polar surface area (TPSA) is 80.0 Å². The highest BCUT2D eigenvalue weighted by Crippen LogP contribution is 2.20. The van der Waals surface area contributed by atoms with E-state index in [1.54, 1.807) is 19.1 Å². The van der Waals surface area contributed by atoms with E-state index in [0.29, 0.717) is 23.1 Å². The van der Waals surface area contributed by atoms with Gasteiger partial charge in [-0.25, -0.2) is 4.79 Å². The van der Waals surface area contributed by atoms with Crippen molar-refractivity contribution in [3.05, 3.63) is 58.9 Å². The molecule has 2 amide bonds. The zero-order chi connectivity index (χ0) is 16.2. The number of hydrogen-bond donors (Lipinski definition) is 2. The summed E-state index contributed by atoms with van der Waals surface area (Å²) in [6.45, 7) is 1.73. The number of benzene rings is 2. The number of halogens is 1. The Kier molecular flexibility index (Phi) is 4.38. The Morgan fingerprint density at radius 3 is 2.43 bits per heavy atom. The average Bonchev–Trinajstić information content (AvgIpc) is 2.94. The van der Waals surface area contributed by atoms with Crippen LogP contribution in [0.5, 0.6) is 0 Å². The van der Waals surface area contributed by atoms with Gasteiger partial charge in [0, 0.05) is 28.3 Å². The lowest BCUT2D eigenvalue weighted by Crippen LogP contribution is -2.19. The molecule has 0 radical (unpaired) electrons. The standard InChI is InChI=1S/C16H13BrN4O2/c1-10-18-15(21-23-10)11-4-2-6-13(8-11)19-16(22)20-14-7-3-5-12(17)9-14/h2-9H,1H3,(H2,19,20,22). The molecule has 2 aromatic carbocycles. The summed E-state index contributed by atoms with van der Waals surface area (Å²) < 4.78 is 5.86. The molecule has 0 atom stereocenters. The normalized spacial score (nSPS) is 10.3. The first kappa shape index (κ1) is 15.2. The van der Waals surface area contributed by atoms with Crippen molar-refractivity contribution in [2.75, 3.05) is 10.6 Å². The molecule has 2 N–H and O–H groups in total. The number of aryl methyl sites for hydroxylation is 1. The van der Waals surface area contributed by atoms with Gasteiger partial charge >= 0.3 is 6.03 Å². The number of urea groups is 1. The van der Waals surface area contributed by atoms with Crippen molar-refractivity contribution in [3.8, 4) is 11.4 Å². The van der Waals surface area contributed by atoms with Crippen LogP contribution in [0.1, 0.15) is 5.89 Å². The van der Waals surface area contributed by atoms with Crippen LogP contribution in [-0.2, 0) is 0 Å². The second-order valence-corrected chi connectivity index (χ2v) is 5.72. The van der Waals surface area contributed by atoms with Crippen molar-refractivity contribution in [1.82, 2.24) is 10.1 Å². The van der Waals surface area contributed by atoms with Crippen LogP contribution in [0.2, 0.25) is 0 Å². The molecule has 0 aliphatic rings. The monoisotopic (exact) mass is 372 g/mol. The number of nitrogens with zero attached hydrogens (tertiary/aromatic N) is 2. The van der Waals surface area contributed by atoms with Gasteiger partial charge in [-0.05, 0) is 30.3 Å². The summed E-state index contributed by atoms with van der Waals surface area (Å²) in [5.74, 6) is 0.976. The number of anilines is 2. The van der Waals surface area contributed by atoms with Gasteiger partial charge in [-0.2, -0.15) is 4.98 Å². The first-order valence-corrected chi connectivity index (χ1v) is 7.64. The fourth-order valence-corrected chi connectivity index (χ4v) is 2.41. The number of aromatic nitrogens is 2. The van der Waals surface area contributed by atoms with Crippen molar-refractivity contribution >= 4 is 33.3 Å². The van der Waals surface area contributed by atoms with Crippen LogP contribution in [0.15, 0.2) is 57.5 Å². The largest absolute Gasteiger partial charge is 0.339 e. The Labute approximate surface area is 141 Å². The third-order valence-electron chi connectivity index (χ3n) is 2.99. The van der Waals surface area contributed by atoms with Gasteiger partial charge in [0.2, 0.25) is 11.7 Å². The summed E-state index contributed by atoms with van der Waals surface area (Å²) in [6, 6.07) is 14.3. The molecule has 6 nitrogen and oxygen atoms in total. The molecule has 1 aromatic heterocycles. The molecule has 0 aliphatic carbocycles. The molecule has 0 bridgehead atoms. The maximum atomic E-state index is 12.1. The second-order valence-electron chi connectivity index (χ2n) is 4.81. The SMILES string of the molecule is Cc1nc(-c2cccc(NC(=O)Nc3cccc(Br)c3)c2)no1. The first-order valence-electron chi connectivity index (χ1n) is 6.84. The summed E-state index contributed by atoms with van der Waals surface area (Å²) in [5, 5.41) is 9.40. The number of carbonyl (C=O) groups excluding carboxylic acids is 1. The van der Waals surface area contributed by atoms with Crippen LogP contribution in [0.3, 0.4) is 0 Å². The number of amides is 2. The van der Waals surface area contributed by atoms with Gasteiger partial charge < -0.3 is 15.2 Å². The van der Waals surface area contributed by atoms with E-state index in [-0.39, 0.29) is 6.03 Å². The molecule has 0 saturated heterocycles. The molecule has 0 aliphatic heterocycles. The van der Waals surface area contributed by atoms with Gasteiger partial charge in [-0.1, -0.05) is 39.3 Å². The molecule has 0 spiro atoms. The van der Waals surface area contributed by atoms with E-state index in [1.165, 1.54) is 0 Å². The maximum Gasteiger partial charge on any atom is 0.323 e. The van der Waals surface area contributed by atoms with Crippen molar-refractivity contribution in [1.29, 1.82) is 0 Å². The highest BCUT2D eigenvalue weighted by atomic mass is 79.9. The van der Waals surface area contributed by atoms with Gasteiger partial charge in [0.05, 0.1) is 0 Å². The Morgan fingerprint density at radius 1 is 1.09 bits per heavy atom. The van der Waals surface area contributed by atoms with Crippen molar-refractivity contribution in [3.63, 3.8) is 0 Å². The van der Waals surface area contributed by atoms with E-state index in [1.807, 2.05) is 36.4 Å². The van der Waals surface area contributed by atoms with Gasteiger partial charge in [0.15, 0.2) is 0 Å². The molecule has 23 heavy (non-hydrogen) atoms. The predicted molar refractivity (Wildman–Crippen MR) is 91.3 cm³/mol. The van der Waals surface area contributed by atoms with Crippen LogP contribution in [-0.4, -0.2) is 16.2 Å². The summed E-state index contributed by atoms with van der Waals surface area (Å²) in [5.41, 5.74) is 2.10. The zero-order valence-electron chi connectivity index (χ0n) is 12.2. The lowest BCUT2D eigenvalue weighted by atomic mass is 10.2. The van der Waals surface area contributed by atoms with E-state index in [9.17, 15) is 4.79 Å². The highest BCUT2D eigenvalue weighted by molar-refractivity contribution is 9.10. The zero-order valence-corrected chi connectivity index (χ0v) is 13.8. The number of hydrogen-bond acceptors (Lipinski definition) is 4. The van der Waals surface area contributed by atoms with Crippen molar-refractivity contribution in [2.45, 2.75) is 6.92 Å². The Morgan fingerprint density at radius 2 is 1.78 bits per heavy atom. The quantitative estimate of drug-likeness (QED) is 0.711. The van der Waals surface area contributed by atoms with Crippen LogP contribution in [0.25, 0.3) is 11.4 Å². The molecule has 0 unspecified atom stereocenters. The summed E-state index contributed by atoms with van der Waals surface area (Å²) in [6.07, 6.45) is 0. The predicted octanol–water partition coefficient (Wildman–Crippen LogP) is 4.45. The molecule has 3 rings (SSSR count). The van der Waals surface area contributed by atoms with Crippen LogP contribution < -0.4 is 10.6 Å². The smallest absolute Gasteiger partial charge is 0.323 e.